The number of anilines is 1. The lowest BCUT2D eigenvalue weighted by atomic mass is 10.2. The van der Waals surface area contributed by atoms with Gasteiger partial charge in [0.05, 0.1) is 5.69 Å². The number of nitrogens with zero attached hydrogens (tertiary/aromatic N) is 7. The molecular formula is C17H19N7. The van der Waals surface area contributed by atoms with Crippen LogP contribution in [0.4, 0.5) is 5.82 Å². The van der Waals surface area contributed by atoms with Crippen LogP contribution in [0.1, 0.15) is 17.7 Å². The Labute approximate surface area is 140 Å². The summed E-state index contributed by atoms with van der Waals surface area (Å²) in [5.74, 6) is 0.955. The smallest absolute Gasteiger partial charge is 0.203 e. The fourth-order valence-electron chi connectivity index (χ4n) is 4.03. The fraction of sp³-hybridized carbons (Fsp3) is 0.412. The van der Waals surface area contributed by atoms with Crippen molar-refractivity contribution in [2.24, 2.45) is 0 Å². The lowest BCUT2D eigenvalue weighted by molar-refractivity contribution is 0.227. The highest BCUT2D eigenvalue weighted by atomic mass is 15.4. The molecule has 2 aliphatic heterocycles. The van der Waals surface area contributed by atoms with E-state index >= 15 is 0 Å². The van der Waals surface area contributed by atoms with Gasteiger partial charge in [-0.25, -0.2) is 4.98 Å². The predicted molar refractivity (Wildman–Crippen MR) is 89.7 cm³/mol. The zero-order valence-corrected chi connectivity index (χ0v) is 13.6. The number of aromatic nitrogens is 5. The number of rotatable bonds is 3. The summed E-state index contributed by atoms with van der Waals surface area (Å²) in [7, 11) is 0. The third-order valence-corrected chi connectivity index (χ3v) is 5.29. The van der Waals surface area contributed by atoms with Crippen LogP contribution in [0, 0.1) is 6.92 Å². The van der Waals surface area contributed by atoms with Crippen LogP contribution in [-0.4, -0.2) is 54.6 Å². The summed E-state index contributed by atoms with van der Waals surface area (Å²) in [6, 6.07) is 5.19. The summed E-state index contributed by atoms with van der Waals surface area (Å²) in [6.45, 7) is 5.12. The third-order valence-electron chi connectivity index (χ3n) is 5.29. The van der Waals surface area contributed by atoms with E-state index in [1.165, 1.54) is 17.7 Å². The number of likely N-dealkylation sites (tertiary alicyclic amines) is 1. The van der Waals surface area contributed by atoms with Gasteiger partial charge in [-0.05, 0) is 25.0 Å². The SMILES string of the molecule is Cc1cccnc1CN1CC2CC1CN2c1nccn2cnnc12. The van der Waals surface area contributed by atoms with Crippen LogP contribution in [-0.2, 0) is 6.54 Å². The standard InChI is InChI=1S/C17H19N7/c1-12-3-2-4-18-15(12)10-23-8-14-7-13(23)9-24(14)16-17-21-20-11-22(17)6-5-19-16/h2-6,11,13-14H,7-10H2,1H3. The van der Waals surface area contributed by atoms with Crippen molar-refractivity contribution < 1.29 is 0 Å². The third kappa shape index (κ3) is 2.08. The molecule has 2 fully saturated rings. The summed E-state index contributed by atoms with van der Waals surface area (Å²) in [6.07, 6.45) is 8.52. The molecule has 5 rings (SSSR count). The van der Waals surface area contributed by atoms with Gasteiger partial charge in [0, 0.05) is 50.3 Å². The molecule has 3 aromatic heterocycles. The van der Waals surface area contributed by atoms with Gasteiger partial charge in [0.25, 0.3) is 0 Å². The first-order valence-electron chi connectivity index (χ1n) is 8.35. The topological polar surface area (TPSA) is 62.5 Å². The average Bonchev–Trinajstić information content (AvgIpc) is 3.31. The molecular weight excluding hydrogens is 302 g/mol. The first kappa shape index (κ1) is 13.9. The van der Waals surface area contributed by atoms with Gasteiger partial charge in [-0.2, -0.15) is 0 Å². The molecule has 0 radical (unpaired) electrons. The molecule has 2 saturated heterocycles. The van der Waals surface area contributed by atoms with Gasteiger partial charge in [-0.3, -0.25) is 14.3 Å². The minimum atomic E-state index is 0.495. The van der Waals surface area contributed by atoms with E-state index in [4.69, 9.17) is 0 Å². The molecule has 0 saturated carbocycles. The van der Waals surface area contributed by atoms with Gasteiger partial charge in [0.1, 0.15) is 6.33 Å². The first-order chi connectivity index (χ1) is 11.8. The molecule has 2 atom stereocenters. The molecule has 0 aromatic carbocycles. The molecule has 24 heavy (non-hydrogen) atoms. The lowest BCUT2D eigenvalue weighted by Crippen LogP contribution is -2.46. The Morgan fingerprint density at radius 3 is 2.96 bits per heavy atom. The maximum absolute atomic E-state index is 4.57. The first-order valence-corrected chi connectivity index (χ1v) is 8.35. The van der Waals surface area contributed by atoms with Gasteiger partial charge >= 0.3 is 0 Å². The summed E-state index contributed by atoms with van der Waals surface area (Å²) in [5.41, 5.74) is 3.30. The highest BCUT2D eigenvalue weighted by Crippen LogP contribution is 2.35. The normalized spacial score (nSPS) is 23.5. The van der Waals surface area contributed by atoms with Gasteiger partial charge < -0.3 is 4.90 Å². The molecule has 7 heteroatoms. The van der Waals surface area contributed by atoms with Gasteiger partial charge in [-0.15, -0.1) is 10.2 Å². The van der Waals surface area contributed by atoms with Crippen LogP contribution in [0.3, 0.4) is 0 Å². The molecule has 0 N–H and O–H groups in total. The van der Waals surface area contributed by atoms with E-state index in [9.17, 15) is 0 Å². The maximum Gasteiger partial charge on any atom is 0.203 e. The van der Waals surface area contributed by atoms with E-state index in [1.807, 2.05) is 29.1 Å². The zero-order chi connectivity index (χ0) is 16.1. The van der Waals surface area contributed by atoms with E-state index < -0.39 is 0 Å². The van der Waals surface area contributed by atoms with Crippen molar-refractivity contribution in [2.45, 2.75) is 32.0 Å². The Hall–Kier alpha value is -2.54. The highest BCUT2D eigenvalue weighted by molar-refractivity contribution is 5.64. The molecule has 2 bridgehead atoms. The van der Waals surface area contributed by atoms with E-state index in [0.717, 1.165) is 31.1 Å². The Kier molecular flexibility index (Phi) is 3.02. The number of aryl methyl sites for hydroxylation is 1. The number of hydrogen-bond donors (Lipinski definition) is 0. The van der Waals surface area contributed by atoms with Crippen molar-refractivity contribution in [3.63, 3.8) is 0 Å². The lowest BCUT2D eigenvalue weighted by Gasteiger charge is -2.34. The molecule has 5 heterocycles. The van der Waals surface area contributed by atoms with Crippen LogP contribution >= 0.6 is 0 Å². The van der Waals surface area contributed by atoms with Crippen molar-refractivity contribution in [1.82, 2.24) is 29.5 Å². The molecule has 2 unspecified atom stereocenters. The number of fused-ring (bicyclic) bond motifs is 3. The van der Waals surface area contributed by atoms with E-state index in [0.29, 0.717) is 12.1 Å². The Morgan fingerprint density at radius 2 is 2.12 bits per heavy atom. The number of pyridine rings is 1. The van der Waals surface area contributed by atoms with E-state index in [-0.39, 0.29) is 0 Å². The van der Waals surface area contributed by atoms with Crippen LogP contribution in [0.15, 0.2) is 37.1 Å². The number of piperazine rings is 1. The average molecular weight is 321 g/mol. The van der Waals surface area contributed by atoms with Crippen LogP contribution < -0.4 is 4.90 Å². The fourth-order valence-corrected chi connectivity index (χ4v) is 4.03. The Bertz CT molecular complexity index is 889. The Morgan fingerprint density at radius 1 is 1.17 bits per heavy atom. The minimum Gasteiger partial charge on any atom is -0.348 e. The molecule has 122 valence electrons. The van der Waals surface area contributed by atoms with Crippen LogP contribution in [0.2, 0.25) is 0 Å². The van der Waals surface area contributed by atoms with Crippen molar-refractivity contribution >= 4 is 11.5 Å². The quantitative estimate of drug-likeness (QED) is 0.724. The largest absolute Gasteiger partial charge is 0.348 e. The maximum atomic E-state index is 4.57. The summed E-state index contributed by atoms with van der Waals surface area (Å²) in [5, 5.41) is 8.23. The van der Waals surface area contributed by atoms with Crippen molar-refractivity contribution in [2.75, 3.05) is 18.0 Å². The predicted octanol–water partition coefficient (Wildman–Crippen LogP) is 1.29. The second-order valence-corrected chi connectivity index (χ2v) is 6.70. The number of hydrogen-bond acceptors (Lipinski definition) is 6. The van der Waals surface area contributed by atoms with Crippen molar-refractivity contribution in [3.8, 4) is 0 Å². The van der Waals surface area contributed by atoms with Gasteiger partial charge in [-0.1, -0.05) is 6.07 Å². The molecule has 2 aliphatic rings. The van der Waals surface area contributed by atoms with Gasteiger partial charge in [0.2, 0.25) is 5.65 Å². The molecule has 0 spiro atoms. The summed E-state index contributed by atoms with van der Waals surface area (Å²) >= 11 is 0. The summed E-state index contributed by atoms with van der Waals surface area (Å²) in [4.78, 5) is 14.1. The minimum absolute atomic E-state index is 0.495. The summed E-state index contributed by atoms with van der Waals surface area (Å²) < 4.78 is 1.93. The zero-order valence-electron chi connectivity index (χ0n) is 13.6. The van der Waals surface area contributed by atoms with E-state index in [2.05, 4.69) is 43.0 Å². The highest BCUT2D eigenvalue weighted by Gasteiger charge is 2.44. The van der Waals surface area contributed by atoms with E-state index in [1.54, 1.807) is 6.33 Å². The van der Waals surface area contributed by atoms with Crippen molar-refractivity contribution in [1.29, 1.82) is 0 Å². The van der Waals surface area contributed by atoms with Crippen LogP contribution in [0.5, 0.6) is 0 Å². The molecule has 0 aliphatic carbocycles. The second kappa shape index (κ2) is 5.24. The van der Waals surface area contributed by atoms with Gasteiger partial charge in [0.15, 0.2) is 5.82 Å². The Balaban J connectivity index is 1.37. The molecule has 3 aromatic rings. The van der Waals surface area contributed by atoms with Crippen molar-refractivity contribution in [3.05, 3.63) is 48.3 Å². The second-order valence-electron chi connectivity index (χ2n) is 6.70. The molecule has 0 amide bonds. The van der Waals surface area contributed by atoms with Crippen LogP contribution in [0.25, 0.3) is 5.65 Å². The molecule has 7 nitrogen and oxygen atoms in total. The monoisotopic (exact) mass is 321 g/mol.